The Hall–Kier alpha value is -2.08. The molecule has 0 bridgehead atoms. The number of nitrogens with zero attached hydrogens (tertiary/aromatic N) is 1. The number of rotatable bonds is 5. The van der Waals surface area contributed by atoms with Crippen molar-refractivity contribution in [3.63, 3.8) is 0 Å². The lowest BCUT2D eigenvalue weighted by atomic mass is 9.95. The fraction of sp³-hybridized carbons (Fsp3) is 0.600. The third-order valence-corrected chi connectivity index (χ3v) is 5.02. The molecule has 3 rings (SSSR count). The summed E-state index contributed by atoms with van der Waals surface area (Å²) in [6, 6.07) is 7.19. The molecule has 6 nitrogen and oxygen atoms in total. The smallest absolute Gasteiger partial charge is 0.247 e. The summed E-state index contributed by atoms with van der Waals surface area (Å²) in [6.07, 6.45) is 3.56. The van der Waals surface area contributed by atoms with Crippen molar-refractivity contribution in [1.29, 1.82) is 0 Å². The van der Waals surface area contributed by atoms with Crippen LogP contribution in [0.5, 0.6) is 0 Å². The zero-order chi connectivity index (χ0) is 18.9. The first-order valence-electron chi connectivity index (χ1n) is 9.75. The lowest BCUT2D eigenvalue weighted by Crippen LogP contribution is -2.48. The number of benzene rings is 1. The highest BCUT2D eigenvalue weighted by atomic mass is 16.2. The molecule has 0 aromatic heterocycles. The molecule has 0 aliphatic carbocycles. The molecule has 2 amide bonds. The van der Waals surface area contributed by atoms with E-state index >= 15 is 0 Å². The largest absolute Gasteiger partial charge is 0.361 e. The maximum absolute atomic E-state index is 12.3. The number of hydrogen-bond acceptors (Lipinski definition) is 4. The molecule has 3 N–H and O–H groups in total. The van der Waals surface area contributed by atoms with Gasteiger partial charge in [0.05, 0.1) is 17.8 Å². The number of fused-ring (bicyclic) bond motifs is 1. The molecule has 1 aromatic rings. The van der Waals surface area contributed by atoms with Gasteiger partial charge in [0.2, 0.25) is 11.8 Å². The Labute approximate surface area is 156 Å². The number of para-hydroxylation sites is 2. The van der Waals surface area contributed by atoms with E-state index in [2.05, 4.69) is 16.0 Å². The zero-order valence-corrected chi connectivity index (χ0v) is 16.2. The van der Waals surface area contributed by atoms with E-state index in [4.69, 9.17) is 0 Å². The Morgan fingerprint density at radius 3 is 2.65 bits per heavy atom. The standard InChI is InChI=1S/C18H26N4O2.C2H6/c1-22-15-5-3-2-4-14(15)21-18(24)16(22)12-17(23)20-11-8-13-6-9-19-10-7-13;1-2/h2-5,13,16,19H,6-12H2,1H3,(H,20,23)(H,21,24);1-2H3. The summed E-state index contributed by atoms with van der Waals surface area (Å²) in [5, 5.41) is 9.21. The van der Waals surface area contributed by atoms with Crippen molar-refractivity contribution in [2.75, 3.05) is 36.9 Å². The SMILES string of the molecule is CC.CN1c2ccccc2NC(=O)C1CC(=O)NCCC1CCNCC1. The molecule has 1 aromatic carbocycles. The van der Waals surface area contributed by atoms with Crippen LogP contribution in [0.1, 0.15) is 39.5 Å². The second kappa shape index (κ2) is 10.2. The minimum absolute atomic E-state index is 0.0599. The maximum Gasteiger partial charge on any atom is 0.247 e. The van der Waals surface area contributed by atoms with Gasteiger partial charge in [0.25, 0.3) is 0 Å². The van der Waals surface area contributed by atoms with Crippen molar-refractivity contribution in [3.8, 4) is 0 Å². The van der Waals surface area contributed by atoms with E-state index in [0.29, 0.717) is 12.5 Å². The van der Waals surface area contributed by atoms with Crippen LogP contribution in [0.4, 0.5) is 11.4 Å². The first-order valence-corrected chi connectivity index (χ1v) is 9.75. The molecule has 0 saturated carbocycles. The van der Waals surface area contributed by atoms with Gasteiger partial charge in [-0.05, 0) is 50.4 Å². The molecule has 0 radical (unpaired) electrons. The van der Waals surface area contributed by atoms with Crippen molar-refractivity contribution in [3.05, 3.63) is 24.3 Å². The summed E-state index contributed by atoms with van der Waals surface area (Å²) in [6.45, 7) is 6.84. The van der Waals surface area contributed by atoms with Crippen LogP contribution in [0.2, 0.25) is 0 Å². The average molecular weight is 361 g/mol. The number of amides is 2. The van der Waals surface area contributed by atoms with Crippen LogP contribution in [-0.2, 0) is 9.59 Å². The first-order chi connectivity index (χ1) is 12.6. The van der Waals surface area contributed by atoms with Gasteiger partial charge < -0.3 is 20.9 Å². The summed E-state index contributed by atoms with van der Waals surface area (Å²) in [4.78, 5) is 26.4. The van der Waals surface area contributed by atoms with Crippen LogP contribution in [0.15, 0.2) is 24.3 Å². The Balaban J connectivity index is 0.00000117. The van der Waals surface area contributed by atoms with Gasteiger partial charge in [0.15, 0.2) is 0 Å². The molecular formula is C20H32N4O2. The van der Waals surface area contributed by atoms with Gasteiger partial charge in [0, 0.05) is 13.6 Å². The van der Waals surface area contributed by atoms with E-state index in [9.17, 15) is 9.59 Å². The minimum Gasteiger partial charge on any atom is -0.361 e. The molecular weight excluding hydrogens is 328 g/mol. The van der Waals surface area contributed by atoms with Gasteiger partial charge in [-0.3, -0.25) is 9.59 Å². The van der Waals surface area contributed by atoms with Crippen LogP contribution in [0, 0.1) is 5.92 Å². The van der Waals surface area contributed by atoms with Crippen LogP contribution in [-0.4, -0.2) is 44.5 Å². The van der Waals surface area contributed by atoms with Gasteiger partial charge in [0.1, 0.15) is 6.04 Å². The van der Waals surface area contributed by atoms with Gasteiger partial charge in [-0.1, -0.05) is 26.0 Å². The number of anilines is 2. The lowest BCUT2D eigenvalue weighted by Gasteiger charge is -2.34. The normalized spacial score (nSPS) is 19.7. The minimum atomic E-state index is -0.459. The molecule has 26 heavy (non-hydrogen) atoms. The number of carbonyl (C=O) groups is 2. The van der Waals surface area contributed by atoms with Gasteiger partial charge in [-0.25, -0.2) is 0 Å². The Morgan fingerprint density at radius 1 is 1.23 bits per heavy atom. The van der Waals surface area contributed by atoms with Gasteiger partial charge >= 0.3 is 0 Å². The van der Waals surface area contributed by atoms with Crippen LogP contribution < -0.4 is 20.9 Å². The molecule has 144 valence electrons. The van der Waals surface area contributed by atoms with Crippen LogP contribution >= 0.6 is 0 Å². The van der Waals surface area contributed by atoms with Crippen LogP contribution in [0.3, 0.4) is 0 Å². The van der Waals surface area contributed by atoms with E-state index in [-0.39, 0.29) is 18.2 Å². The third-order valence-electron chi connectivity index (χ3n) is 5.02. The Bertz CT molecular complexity index is 599. The highest BCUT2D eigenvalue weighted by molar-refractivity contribution is 6.05. The monoisotopic (exact) mass is 360 g/mol. The first kappa shape index (κ1) is 20.2. The second-order valence-corrected chi connectivity index (χ2v) is 6.67. The highest BCUT2D eigenvalue weighted by Gasteiger charge is 2.31. The maximum atomic E-state index is 12.3. The molecule has 0 spiro atoms. The predicted octanol–water partition coefficient (Wildman–Crippen LogP) is 2.37. The second-order valence-electron chi connectivity index (χ2n) is 6.67. The quantitative estimate of drug-likeness (QED) is 0.754. The summed E-state index contributed by atoms with van der Waals surface area (Å²) in [5.41, 5.74) is 1.75. The van der Waals surface area contributed by atoms with Crippen molar-refractivity contribution in [2.24, 2.45) is 5.92 Å². The average Bonchev–Trinajstić information content (AvgIpc) is 2.67. The van der Waals surface area contributed by atoms with Gasteiger partial charge in [-0.2, -0.15) is 0 Å². The van der Waals surface area contributed by atoms with E-state index in [1.807, 2.05) is 50.1 Å². The molecule has 1 unspecified atom stereocenters. The fourth-order valence-electron chi connectivity index (χ4n) is 3.51. The number of hydrogen-bond donors (Lipinski definition) is 3. The number of carbonyl (C=O) groups excluding carboxylic acids is 2. The van der Waals surface area contributed by atoms with Crippen molar-refractivity contribution in [1.82, 2.24) is 10.6 Å². The number of piperidine rings is 1. The van der Waals surface area contributed by atoms with E-state index in [1.54, 1.807) is 0 Å². The van der Waals surface area contributed by atoms with E-state index in [0.717, 1.165) is 30.9 Å². The predicted molar refractivity (Wildman–Crippen MR) is 106 cm³/mol. The van der Waals surface area contributed by atoms with Crippen molar-refractivity contribution >= 4 is 23.2 Å². The molecule has 2 aliphatic heterocycles. The Morgan fingerprint density at radius 2 is 1.92 bits per heavy atom. The number of nitrogens with one attached hydrogen (secondary N) is 3. The van der Waals surface area contributed by atoms with Crippen molar-refractivity contribution in [2.45, 2.75) is 45.6 Å². The van der Waals surface area contributed by atoms with E-state index in [1.165, 1.54) is 12.8 Å². The molecule has 1 fully saturated rings. The molecule has 2 aliphatic rings. The molecule has 2 heterocycles. The lowest BCUT2D eigenvalue weighted by molar-refractivity contribution is -0.125. The molecule has 1 saturated heterocycles. The van der Waals surface area contributed by atoms with Gasteiger partial charge in [-0.15, -0.1) is 0 Å². The molecule has 6 heteroatoms. The summed E-state index contributed by atoms with van der Waals surface area (Å²) in [5.74, 6) is 0.513. The molecule has 1 atom stereocenters. The van der Waals surface area contributed by atoms with Crippen molar-refractivity contribution < 1.29 is 9.59 Å². The third kappa shape index (κ3) is 5.21. The zero-order valence-electron chi connectivity index (χ0n) is 16.2. The summed E-state index contributed by atoms with van der Waals surface area (Å²) < 4.78 is 0. The summed E-state index contributed by atoms with van der Waals surface area (Å²) >= 11 is 0. The summed E-state index contributed by atoms with van der Waals surface area (Å²) in [7, 11) is 1.87. The Kier molecular flexibility index (Phi) is 7.91. The highest BCUT2D eigenvalue weighted by Crippen LogP contribution is 2.31. The topological polar surface area (TPSA) is 73.5 Å². The fourth-order valence-corrected chi connectivity index (χ4v) is 3.51. The number of likely N-dealkylation sites (N-methyl/N-ethyl adjacent to an activating group) is 1. The van der Waals surface area contributed by atoms with E-state index < -0.39 is 6.04 Å². The van der Waals surface area contributed by atoms with Crippen LogP contribution in [0.25, 0.3) is 0 Å².